The summed E-state index contributed by atoms with van der Waals surface area (Å²) in [4.78, 5) is 5.07. The molecule has 92 valence electrons. The Balaban J connectivity index is 1.74. The van der Waals surface area contributed by atoms with Crippen molar-refractivity contribution < 1.29 is 0 Å². The lowest BCUT2D eigenvalue weighted by Crippen LogP contribution is -2.43. The minimum atomic E-state index is 0.835. The summed E-state index contributed by atoms with van der Waals surface area (Å²) in [5, 5.41) is 0. The number of hydrogen-bond donors (Lipinski definition) is 0. The van der Waals surface area contributed by atoms with Gasteiger partial charge in [-0.2, -0.15) is 0 Å². The highest BCUT2D eigenvalue weighted by molar-refractivity contribution is 4.91. The minimum absolute atomic E-state index is 0.835. The Morgan fingerprint density at radius 1 is 1.19 bits per heavy atom. The van der Waals surface area contributed by atoms with Crippen molar-refractivity contribution in [3.05, 3.63) is 12.2 Å². The summed E-state index contributed by atoms with van der Waals surface area (Å²) in [5.41, 5.74) is 0. The van der Waals surface area contributed by atoms with Crippen molar-refractivity contribution in [1.29, 1.82) is 0 Å². The maximum absolute atomic E-state index is 2.62. The Bertz CT molecular complexity index is 229. The predicted molar refractivity (Wildman–Crippen MR) is 69.6 cm³/mol. The van der Waals surface area contributed by atoms with Gasteiger partial charge in [0.2, 0.25) is 0 Å². The van der Waals surface area contributed by atoms with Crippen LogP contribution in [-0.4, -0.2) is 49.6 Å². The van der Waals surface area contributed by atoms with Gasteiger partial charge in [-0.3, -0.25) is 0 Å². The molecule has 16 heavy (non-hydrogen) atoms. The van der Waals surface area contributed by atoms with Crippen molar-refractivity contribution in [2.24, 2.45) is 5.92 Å². The molecule has 2 nitrogen and oxygen atoms in total. The fraction of sp³-hybridized carbons (Fsp3) is 0.857. The molecule has 2 aliphatic rings. The SMILES string of the molecule is CN1CCC(N(C)C[C@@H]2CC=CCC2)CC1. The van der Waals surface area contributed by atoms with E-state index < -0.39 is 0 Å². The van der Waals surface area contributed by atoms with Gasteiger partial charge in [0.15, 0.2) is 0 Å². The van der Waals surface area contributed by atoms with E-state index in [0.717, 1.165) is 12.0 Å². The fourth-order valence-electron chi connectivity index (χ4n) is 3.01. The first-order valence-corrected chi connectivity index (χ1v) is 6.79. The molecule has 0 radical (unpaired) electrons. The van der Waals surface area contributed by atoms with Crippen LogP contribution in [0, 0.1) is 5.92 Å². The maximum Gasteiger partial charge on any atom is 0.0117 e. The third-order valence-corrected chi connectivity index (χ3v) is 4.24. The second-order valence-corrected chi connectivity index (χ2v) is 5.62. The van der Waals surface area contributed by atoms with Crippen LogP contribution in [0.2, 0.25) is 0 Å². The molecule has 0 saturated carbocycles. The molecule has 0 amide bonds. The molecular formula is C14H26N2. The molecule has 1 heterocycles. The molecule has 2 heteroatoms. The topological polar surface area (TPSA) is 6.48 Å². The summed E-state index contributed by atoms with van der Waals surface area (Å²) in [5.74, 6) is 0.912. The molecule has 1 saturated heterocycles. The van der Waals surface area contributed by atoms with Crippen molar-refractivity contribution in [3.8, 4) is 0 Å². The van der Waals surface area contributed by atoms with Crippen LogP contribution in [0.25, 0.3) is 0 Å². The maximum atomic E-state index is 2.62. The number of piperidine rings is 1. The highest BCUT2D eigenvalue weighted by atomic mass is 15.2. The van der Waals surface area contributed by atoms with E-state index in [2.05, 4.69) is 36.0 Å². The molecule has 1 atom stereocenters. The Labute approximate surface area is 100 Å². The lowest BCUT2D eigenvalue weighted by molar-refractivity contribution is 0.127. The smallest absolute Gasteiger partial charge is 0.0117 e. The summed E-state index contributed by atoms with van der Waals surface area (Å²) >= 11 is 0. The van der Waals surface area contributed by atoms with Gasteiger partial charge < -0.3 is 9.80 Å². The zero-order chi connectivity index (χ0) is 11.4. The van der Waals surface area contributed by atoms with Crippen LogP contribution in [0.4, 0.5) is 0 Å². The first-order valence-electron chi connectivity index (χ1n) is 6.79. The molecule has 1 aliphatic carbocycles. The van der Waals surface area contributed by atoms with Gasteiger partial charge in [-0.25, -0.2) is 0 Å². The molecule has 0 aromatic heterocycles. The molecule has 0 spiro atoms. The third kappa shape index (κ3) is 3.33. The van der Waals surface area contributed by atoms with Gasteiger partial charge in [0, 0.05) is 12.6 Å². The molecule has 0 aromatic carbocycles. The van der Waals surface area contributed by atoms with Gasteiger partial charge in [0.25, 0.3) is 0 Å². The van der Waals surface area contributed by atoms with Crippen LogP contribution < -0.4 is 0 Å². The average molecular weight is 222 g/mol. The monoisotopic (exact) mass is 222 g/mol. The number of nitrogens with zero attached hydrogens (tertiary/aromatic N) is 2. The van der Waals surface area contributed by atoms with E-state index in [0.29, 0.717) is 0 Å². The van der Waals surface area contributed by atoms with Crippen molar-refractivity contribution in [3.63, 3.8) is 0 Å². The van der Waals surface area contributed by atoms with Gasteiger partial charge in [-0.15, -0.1) is 0 Å². The fourth-order valence-corrected chi connectivity index (χ4v) is 3.01. The predicted octanol–water partition coefficient (Wildman–Crippen LogP) is 2.37. The van der Waals surface area contributed by atoms with Crippen LogP contribution in [0.3, 0.4) is 0 Å². The first kappa shape index (κ1) is 12.1. The summed E-state index contributed by atoms with van der Waals surface area (Å²) in [6.45, 7) is 3.86. The van der Waals surface area contributed by atoms with Crippen LogP contribution in [0.15, 0.2) is 12.2 Å². The van der Waals surface area contributed by atoms with Gasteiger partial charge in [0.1, 0.15) is 0 Å². The van der Waals surface area contributed by atoms with Crippen molar-refractivity contribution >= 4 is 0 Å². The van der Waals surface area contributed by atoms with E-state index in [4.69, 9.17) is 0 Å². The van der Waals surface area contributed by atoms with Crippen LogP contribution in [0.5, 0.6) is 0 Å². The number of rotatable bonds is 3. The van der Waals surface area contributed by atoms with E-state index in [1.165, 1.54) is 51.7 Å². The molecular weight excluding hydrogens is 196 g/mol. The van der Waals surface area contributed by atoms with Gasteiger partial charge in [-0.1, -0.05) is 12.2 Å². The standard InChI is InChI=1S/C14H26N2/c1-15-10-8-14(9-11-15)16(2)12-13-6-4-3-5-7-13/h3-4,13-14H,5-12H2,1-2H3/t13-/m1/s1. The first-order chi connectivity index (χ1) is 7.75. The van der Waals surface area contributed by atoms with E-state index in [1.54, 1.807) is 0 Å². The Kier molecular flexibility index (Phi) is 4.42. The summed E-state index contributed by atoms with van der Waals surface area (Å²) < 4.78 is 0. The lowest BCUT2D eigenvalue weighted by atomic mass is 9.93. The number of likely N-dealkylation sites (tertiary alicyclic amines) is 1. The van der Waals surface area contributed by atoms with E-state index in [-0.39, 0.29) is 0 Å². The molecule has 0 aromatic rings. The minimum Gasteiger partial charge on any atom is -0.306 e. The average Bonchev–Trinajstić information content (AvgIpc) is 2.31. The zero-order valence-electron chi connectivity index (χ0n) is 10.9. The molecule has 0 bridgehead atoms. The Morgan fingerprint density at radius 2 is 1.94 bits per heavy atom. The molecule has 1 fully saturated rings. The second kappa shape index (κ2) is 5.83. The zero-order valence-corrected chi connectivity index (χ0v) is 10.9. The highest BCUT2D eigenvalue weighted by Crippen LogP contribution is 2.22. The Morgan fingerprint density at radius 3 is 2.56 bits per heavy atom. The van der Waals surface area contributed by atoms with Crippen molar-refractivity contribution in [2.45, 2.75) is 38.1 Å². The molecule has 2 rings (SSSR count). The van der Waals surface area contributed by atoms with Crippen LogP contribution in [-0.2, 0) is 0 Å². The van der Waals surface area contributed by atoms with E-state index >= 15 is 0 Å². The summed E-state index contributed by atoms with van der Waals surface area (Å²) in [6, 6.07) is 0.835. The second-order valence-electron chi connectivity index (χ2n) is 5.62. The van der Waals surface area contributed by atoms with Crippen LogP contribution >= 0.6 is 0 Å². The lowest BCUT2D eigenvalue weighted by Gasteiger charge is -2.37. The summed E-state index contributed by atoms with van der Waals surface area (Å²) in [7, 11) is 4.57. The highest BCUT2D eigenvalue weighted by Gasteiger charge is 2.22. The van der Waals surface area contributed by atoms with E-state index in [9.17, 15) is 0 Å². The molecule has 1 aliphatic heterocycles. The Hall–Kier alpha value is -0.340. The normalized spacial score (nSPS) is 28.8. The number of hydrogen-bond acceptors (Lipinski definition) is 2. The molecule has 0 unspecified atom stereocenters. The largest absolute Gasteiger partial charge is 0.306 e. The number of allylic oxidation sites excluding steroid dienone is 2. The molecule has 0 N–H and O–H groups in total. The van der Waals surface area contributed by atoms with E-state index in [1.807, 2.05) is 0 Å². The van der Waals surface area contributed by atoms with Crippen molar-refractivity contribution in [1.82, 2.24) is 9.80 Å². The van der Waals surface area contributed by atoms with Gasteiger partial charge in [-0.05, 0) is 65.2 Å². The van der Waals surface area contributed by atoms with Gasteiger partial charge in [0.05, 0.1) is 0 Å². The third-order valence-electron chi connectivity index (χ3n) is 4.24. The van der Waals surface area contributed by atoms with Crippen LogP contribution in [0.1, 0.15) is 32.1 Å². The summed E-state index contributed by atoms with van der Waals surface area (Å²) in [6.07, 6.45) is 11.4. The van der Waals surface area contributed by atoms with Gasteiger partial charge >= 0.3 is 0 Å². The quantitative estimate of drug-likeness (QED) is 0.676. The van der Waals surface area contributed by atoms with Crippen molar-refractivity contribution in [2.75, 3.05) is 33.7 Å².